The van der Waals surface area contributed by atoms with E-state index in [2.05, 4.69) is 0 Å². The van der Waals surface area contributed by atoms with Gasteiger partial charge >= 0.3 is 6.18 Å². The number of hydrogen-bond acceptors (Lipinski definition) is 7. The van der Waals surface area contributed by atoms with Crippen LogP contribution in [0.5, 0.6) is 5.75 Å². The van der Waals surface area contributed by atoms with Crippen LogP contribution in [0.1, 0.15) is 11.1 Å². The first-order valence-electron chi connectivity index (χ1n) is 8.47. The fourth-order valence-corrected chi connectivity index (χ4v) is 2.51. The van der Waals surface area contributed by atoms with Gasteiger partial charge in [-0.3, -0.25) is 10.1 Å². The average molecular weight is 425 g/mol. The SMILES string of the molecule is O=C([O-])C=C(Nc1cc(CCO)c([N+](=O)[O-])cc1OCc1ccccc1)C(F)(F)F. The number of aliphatic hydroxyl groups is 1. The van der Waals surface area contributed by atoms with Crippen molar-refractivity contribution in [1.82, 2.24) is 0 Å². The molecule has 2 aromatic carbocycles. The van der Waals surface area contributed by atoms with Crippen LogP contribution in [-0.2, 0) is 17.8 Å². The first kappa shape index (κ1) is 22.7. The molecule has 8 nitrogen and oxygen atoms in total. The molecule has 0 atom stereocenters. The lowest BCUT2D eigenvalue weighted by atomic mass is 10.1. The minimum absolute atomic E-state index is 0.0629. The van der Waals surface area contributed by atoms with E-state index in [4.69, 9.17) is 9.84 Å². The van der Waals surface area contributed by atoms with Gasteiger partial charge in [-0.05, 0) is 17.7 Å². The largest absolute Gasteiger partial charge is 0.545 e. The van der Waals surface area contributed by atoms with Gasteiger partial charge in [-0.1, -0.05) is 30.3 Å². The predicted octanol–water partition coefficient (Wildman–Crippen LogP) is 2.32. The topological polar surface area (TPSA) is 125 Å². The Morgan fingerprint density at radius 2 is 1.90 bits per heavy atom. The highest BCUT2D eigenvalue weighted by atomic mass is 19.4. The average Bonchev–Trinajstić information content (AvgIpc) is 2.66. The molecule has 0 fully saturated rings. The number of alkyl halides is 3. The lowest BCUT2D eigenvalue weighted by Gasteiger charge is -2.19. The van der Waals surface area contributed by atoms with E-state index in [1.807, 2.05) is 5.32 Å². The second-order valence-corrected chi connectivity index (χ2v) is 5.98. The molecule has 0 unspecified atom stereocenters. The maximum Gasteiger partial charge on any atom is 0.431 e. The lowest BCUT2D eigenvalue weighted by molar-refractivity contribution is -0.385. The van der Waals surface area contributed by atoms with Crippen LogP contribution < -0.4 is 15.2 Å². The third-order valence-electron chi connectivity index (χ3n) is 3.83. The molecule has 30 heavy (non-hydrogen) atoms. The van der Waals surface area contributed by atoms with Crippen molar-refractivity contribution in [2.45, 2.75) is 19.2 Å². The van der Waals surface area contributed by atoms with Crippen LogP contribution in [0, 0.1) is 10.1 Å². The Hall–Kier alpha value is -3.60. The van der Waals surface area contributed by atoms with E-state index >= 15 is 0 Å². The molecule has 0 heterocycles. The van der Waals surface area contributed by atoms with Crippen molar-refractivity contribution in [3.05, 3.63) is 75.5 Å². The normalized spacial score (nSPS) is 11.8. The number of anilines is 1. The summed E-state index contributed by atoms with van der Waals surface area (Å²) in [6.45, 7) is -0.608. The van der Waals surface area contributed by atoms with Gasteiger partial charge in [-0.15, -0.1) is 0 Å². The van der Waals surface area contributed by atoms with Gasteiger partial charge in [0, 0.05) is 18.6 Å². The smallest absolute Gasteiger partial charge is 0.431 e. The van der Waals surface area contributed by atoms with Crippen molar-refractivity contribution in [2.24, 2.45) is 0 Å². The van der Waals surface area contributed by atoms with E-state index < -0.39 is 35.1 Å². The zero-order valence-electron chi connectivity index (χ0n) is 15.3. The van der Waals surface area contributed by atoms with Crippen molar-refractivity contribution in [1.29, 1.82) is 0 Å². The van der Waals surface area contributed by atoms with E-state index in [1.165, 1.54) is 0 Å². The molecule has 0 saturated carbocycles. The number of hydrogen-bond donors (Lipinski definition) is 2. The molecule has 0 aliphatic carbocycles. The van der Waals surface area contributed by atoms with E-state index in [0.29, 0.717) is 5.56 Å². The van der Waals surface area contributed by atoms with Gasteiger partial charge in [0.15, 0.2) is 0 Å². The summed E-state index contributed by atoms with van der Waals surface area (Å²) in [6.07, 6.45) is -5.46. The number of rotatable bonds is 9. The molecule has 11 heteroatoms. The quantitative estimate of drug-likeness (QED) is 0.359. The number of carboxylic acids is 1. The van der Waals surface area contributed by atoms with Gasteiger partial charge in [-0.2, -0.15) is 13.2 Å². The van der Waals surface area contributed by atoms with Crippen LogP contribution >= 0.6 is 0 Å². The fraction of sp³-hybridized carbons (Fsp3) is 0.211. The minimum atomic E-state index is -5.07. The highest BCUT2D eigenvalue weighted by Crippen LogP contribution is 2.37. The summed E-state index contributed by atoms with van der Waals surface area (Å²) in [5, 5.41) is 33.0. The number of nitrogens with zero attached hydrogens (tertiary/aromatic N) is 1. The van der Waals surface area contributed by atoms with Crippen LogP contribution in [0.4, 0.5) is 24.5 Å². The molecule has 0 aliphatic rings. The number of aliphatic carboxylic acids is 1. The summed E-state index contributed by atoms with van der Waals surface area (Å²) < 4.78 is 45.1. The highest BCUT2D eigenvalue weighted by Gasteiger charge is 2.35. The highest BCUT2D eigenvalue weighted by molar-refractivity contribution is 5.80. The third kappa shape index (κ3) is 6.21. The number of aliphatic hydroxyl groups excluding tert-OH is 1. The van der Waals surface area contributed by atoms with Crippen LogP contribution in [0.2, 0.25) is 0 Å². The zero-order valence-corrected chi connectivity index (χ0v) is 15.3. The van der Waals surface area contributed by atoms with Gasteiger partial charge in [0.25, 0.3) is 5.69 Å². The van der Waals surface area contributed by atoms with Gasteiger partial charge in [-0.25, -0.2) is 0 Å². The van der Waals surface area contributed by atoms with E-state index in [-0.39, 0.29) is 36.1 Å². The molecule has 2 rings (SSSR count). The number of benzene rings is 2. The maximum atomic E-state index is 13.2. The molecule has 2 aromatic rings. The summed E-state index contributed by atoms with van der Waals surface area (Å²) >= 11 is 0. The number of nitro groups is 1. The van der Waals surface area contributed by atoms with Crippen LogP contribution in [0.25, 0.3) is 0 Å². The Balaban J connectivity index is 2.51. The minimum Gasteiger partial charge on any atom is -0.545 e. The Bertz CT molecular complexity index is 945. The number of carboxylic acid groups (broad SMARTS) is 1. The molecule has 0 spiro atoms. The van der Waals surface area contributed by atoms with Crippen LogP contribution in [-0.4, -0.2) is 28.8 Å². The van der Waals surface area contributed by atoms with Crippen LogP contribution in [0.3, 0.4) is 0 Å². The Labute approximate surface area is 168 Å². The summed E-state index contributed by atoms with van der Waals surface area (Å²) in [7, 11) is 0. The fourth-order valence-electron chi connectivity index (χ4n) is 2.51. The lowest BCUT2D eigenvalue weighted by Crippen LogP contribution is -2.26. The van der Waals surface area contributed by atoms with Gasteiger partial charge in [0.05, 0.1) is 22.6 Å². The van der Waals surface area contributed by atoms with Gasteiger partial charge < -0.3 is 25.1 Å². The predicted molar refractivity (Wildman–Crippen MR) is 97.4 cm³/mol. The van der Waals surface area contributed by atoms with Gasteiger partial charge in [0.2, 0.25) is 0 Å². The molecule has 0 aromatic heterocycles. The number of carbonyl (C=O) groups excluding carboxylic acids is 1. The Morgan fingerprint density at radius 3 is 2.43 bits per heavy atom. The first-order chi connectivity index (χ1) is 14.1. The molecule has 2 N–H and O–H groups in total. The molecule has 0 radical (unpaired) electrons. The molecule has 0 amide bonds. The number of carbonyl (C=O) groups is 1. The van der Waals surface area contributed by atoms with Crippen molar-refractivity contribution in [3.8, 4) is 5.75 Å². The summed E-state index contributed by atoms with van der Waals surface area (Å²) in [5.74, 6) is -2.39. The Kier molecular flexibility index (Phi) is 7.37. The second kappa shape index (κ2) is 9.74. The molecule has 0 aliphatic heterocycles. The summed E-state index contributed by atoms with van der Waals surface area (Å²) in [5.41, 5.74) is -1.89. The van der Waals surface area contributed by atoms with E-state index in [0.717, 1.165) is 12.1 Å². The van der Waals surface area contributed by atoms with Crippen LogP contribution in [0.15, 0.2) is 54.2 Å². The standard InChI is InChI=1S/C19H17F3N2O6/c20-19(21,22)17(10-18(26)27)23-14-8-13(6-7-25)15(24(28)29)9-16(14)30-11-12-4-2-1-3-5-12/h1-5,8-10,23,25H,6-7,11H2,(H,26,27)/p-1. The monoisotopic (exact) mass is 425 g/mol. The van der Waals surface area contributed by atoms with Gasteiger partial charge in [0.1, 0.15) is 18.1 Å². The molecule has 0 bridgehead atoms. The van der Waals surface area contributed by atoms with E-state index in [1.54, 1.807) is 30.3 Å². The first-order valence-corrected chi connectivity index (χ1v) is 8.47. The van der Waals surface area contributed by atoms with Crippen molar-refractivity contribution in [2.75, 3.05) is 11.9 Å². The van der Waals surface area contributed by atoms with Crippen molar-refractivity contribution >= 4 is 17.3 Å². The van der Waals surface area contributed by atoms with Crippen molar-refractivity contribution in [3.63, 3.8) is 0 Å². The summed E-state index contributed by atoms with van der Waals surface area (Å²) in [4.78, 5) is 21.2. The van der Waals surface area contributed by atoms with E-state index in [9.17, 15) is 33.2 Å². The maximum absolute atomic E-state index is 13.2. The number of allylic oxidation sites excluding steroid dienone is 1. The summed E-state index contributed by atoms with van der Waals surface area (Å²) in [6, 6.07) is 10.4. The number of nitro benzene ring substituents is 1. The van der Waals surface area contributed by atoms with Crippen molar-refractivity contribution < 1.29 is 37.8 Å². The zero-order chi connectivity index (χ0) is 22.3. The number of ether oxygens (including phenoxy) is 1. The molecular formula is C19H16F3N2O6-. The number of halogens is 3. The molecule has 160 valence electrons. The molecule has 0 saturated heterocycles. The second-order valence-electron chi connectivity index (χ2n) is 5.98. The Morgan fingerprint density at radius 1 is 1.23 bits per heavy atom. The number of nitrogens with one attached hydrogen (secondary N) is 1. The third-order valence-corrected chi connectivity index (χ3v) is 3.83. The molecular weight excluding hydrogens is 409 g/mol.